The van der Waals surface area contributed by atoms with Gasteiger partial charge in [-0.05, 0) is 19.5 Å². The summed E-state index contributed by atoms with van der Waals surface area (Å²) in [4.78, 5) is 0. The second kappa shape index (κ2) is 4.28. The molecule has 3 heteroatoms. The molecule has 0 saturated heterocycles. The van der Waals surface area contributed by atoms with Crippen LogP contribution in [0.3, 0.4) is 0 Å². The zero-order valence-corrected chi connectivity index (χ0v) is 8.83. The smallest absolute Gasteiger partial charge is 0.0923 e. The summed E-state index contributed by atoms with van der Waals surface area (Å²) < 4.78 is 0. The number of rotatable bonds is 3. The van der Waals surface area contributed by atoms with Crippen LogP contribution >= 0.6 is 0 Å². The first-order chi connectivity index (χ1) is 7.29. The van der Waals surface area contributed by atoms with Gasteiger partial charge in [-0.25, -0.2) is 0 Å². The molecule has 0 aliphatic carbocycles. The molecule has 0 radical (unpaired) electrons. The van der Waals surface area contributed by atoms with E-state index in [1.165, 1.54) is 5.56 Å². The average molecular weight is 201 g/mol. The molecule has 0 fully saturated rings. The van der Waals surface area contributed by atoms with Crippen molar-refractivity contribution in [3.05, 3.63) is 41.6 Å². The largest absolute Gasteiger partial charge is 0.330 e. The van der Waals surface area contributed by atoms with Crippen LogP contribution < -0.4 is 5.73 Å². The van der Waals surface area contributed by atoms with Crippen LogP contribution in [0.4, 0.5) is 0 Å². The van der Waals surface area contributed by atoms with Crippen LogP contribution in [-0.2, 0) is 6.42 Å². The number of aryl methyl sites for hydroxylation is 1. The predicted octanol–water partition coefficient (Wildman–Crippen LogP) is 1.89. The average Bonchev–Trinajstić information content (AvgIpc) is 2.68. The molecule has 3 nitrogen and oxygen atoms in total. The summed E-state index contributed by atoms with van der Waals surface area (Å²) >= 11 is 0. The van der Waals surface area contributed by atoms with Crippen molar-refractivity contribution in [1.82, 2.24) is 10.2 Å². The predicted molar refractivity (Wildman–Crippen MR) is 61.5 cm³/mol. The SMILES string of the molecule is Cc1ccc(-c2cc(CCN)[nH]n2)cc1. The van der Waals surface area contributed by atoms with Crippen molar-refractivity contribution in [1.29, 1.82) is 0 Å². The first-order valence-electron chi connectivity index (χ1n) is 5.11. The summed E-state index contributed by atoms with van der Waals surface area (Å²) in [6.45, 7) is 2.73. The molecular weight excluding hydrogens is 186 g/mol. The Hall–Kier alpha value is -1.61. The number of hydrogen-bond acceptors (Lipinski definition) is 2. The normalized spacial score (nSPS) is 10.5. The Morgan fingerprint density at radius 3 is 2.67 bits per heavy atom. The number of nitrogens with two attached hydrogens (primary N) is 1. The molecule has 0 aliphatic rings. The number of aromatic amines is 1. The lowest BCUT2D eigenvalue weighted by Gasteiger charge is -1.96. The molecule has 78 valence electrons. The highest BCUT2D eigenvalue weighted by atomic mass is 15.1. The van der Waals surface area contributed by atoms with Gasteiger partial charge in [-0.3, -0.25) is 5.10 Å². The molecule has 3 N–H and O–H groups in total. The Labute approximate surface area is 89.3 Å². The molecule has 0 atom stereocenters. The van der Waals surface area contributed by atoms with Crippen molar-refractivity contribution in [2.45, 2.75) is 13.3 Å². The molecule has 1 heterocycles. The summed E-state index contributed by atoms with van der Waals surface area (Å²) in [6, 6.07) is 10.4. The monoisotopic (exact) mass is 201 g/mol. The second-order valence-electron chi connectivity index (χ2n) is 3.68. The maximum absolute atomic E-state index is 5.48. The molecule has 2 rings (SSSR count). The van der Waals surface area contributed by atoms with Crippen molar-refractivity contribution in [2.75, 3.05) is 6.54 Å². The molecule has 0 unspecified atom stereocenters. The molecule has 0 amide bonds. The highest BCUT2D eigenvalue weighted by Crippen LogP contribution is 2.18. The quantitative estimate of drug-likeness (QED) is 0.796. The van der Waals surface area contributed by atoms with Crippen LogP contribution in [0.25, 0.3) is 11.3 Å². The van der Waals surface area contributed by atoms with E-state index in [2.05, 4.69) is 47.5 Å². The van der Waals surface area contributed by atoms with E-state index in [1.807, 2.05) is 0 Å². The van der Waals surface area contributed by atoms with E-state index in [1.54, 1.807) is 0 Å². The molecular formula is C12H15N3. The third kappa shape index (κ3) is 2.25. The number of hydrogen-bond donors (Lipinski definition) is 2. The maximum atomic E-state index is 5.48. The van der Waals surface area contributed by atoms with E-state index in [0.717, 1.165) is 23.4 Å². The number of aromatic nitrogens is 2. The maximum Gasteiger partial charge on any atom is 0.0923 e. The van der Waals surface area contributed by atoms with Crippen molar-refractivity contribution in [2.24, 2.45) is 5.73 Å². The van der Waals surface area contributed by atoms with Crippen LogP contribution in [0, 0.1) is 6.92 Å². The number of H-pyrrole nitrogens is 1. The van der Waals surface area contributed by atoms with Crippen molar-refractivity contribution < 1.29 is 0 Å². The van der Waals surface area contributed by atoms with Gasteiger partial charge >= 0.3 is 0 Å². The number of benzene rings is 1. The van der Waals surface area contributed by atoms with Gasteiger partial charge in [0.05, 0.1) is 5.69 Å². The van der Waals surface area contributed by atoms with Gasteiger partial charge in [0.25, 0.3) is 0 Å². The van der Waals surface area contributed by atoms with E-state index < -0.39 is 0 Å². The van der Waals surface area contributed by atoms with Crippen LogP contribution in [-0.4, -0.2) is 16.7 Å². The van der Waals surface area contributed by atoms with Gasteiger partial charge in [0.15, 0.2) is 0 Å². The third-order valence-corrected chi connectivity index (χ3v) is 2.39. The summed E-state index contributed by atoms with van der Waals surface area (Å²) in [6.07, 6.45) is 0.846. The van der Waals surface area contributed by atoms with E-state index in [4.69, 9.17) is 5.73 Å². The fraction of sp³-hybridized carbons (Fsp3) is 0.250. The minimum absolute atomic E-state index is 0.648. The lowest BCUT2D eigenvalue weighted by atomic mass is 10.1. The van der Waals surface area contributed by atoms with E-state index in [-0.39, 0.29) is 0 Å². The lowest BCUT2D eigenvalue weighted by Crippen LogP contribution is -2.02. The highest BCUT2D eigenvalue weighted by molar-refractivity contribution is 5.59. The summed E-state index contributed by atoms with van der Waals surface area (Å²) in [5, 5.41) is 7.24. The molecule has 2 aromatic rings. The van der Waals surface area contributed by atoms with Gasteiger partial charge in [-0.2, -0.15) is 5.10 Å². The zero-order valence-electron chi connectivity index (χ0n) is 8.83. The molecule has 0 saturated carbocycles. The van der Waals surface area contributed by atoms with Crippen LogP contribution in [0.2, 0.25) is 0 Å². The summed E-state index contributed by atoms with van der Waals surface area (Å²) in [5.41, 5.74) is 9.96. The molecule has 1 aromatic heterocycles. The topological polar surface area (TPSA) is 54.7 Å². The molecule has 1 aromatic carbocycles. The Kier molecular flexibility index (Phi) is 2.83. The molecule has 0 spiro atoms. The van der Waals surface area contributed by atoms with Gasteiger partial charge < -0.3 is 5.73 Å². The lowest BCUT2D eigenvalue weighted by molar-refractivity contribution is 0.902. The Morgan fingerprint density at radius 1 is 1.27 bits per heavy atom. The second-order valence-corrected chi connectivity index (χ2v) is 3.68. The number of nitrogens with zero attached hydrogens (tertiary/aromatic N) is 1. The van der Waals surface area contributed by atoms with Crippen molar-refractivity contribution in [3.63, 3.8) is 0 Å². The highest BCUT2D eigenvalue weighted by Gasteiger charge is 2.02. The van der Waals surface area contributed by atoms with Crippen LogP contribution in [0.1, 0.15) is 11.3 Å². The fourth-order valence-electron chi connectivity index (χ4n) is 1.52. The van der Waals surface area contributed by atoms with E-state index in [0.29, 0.717) is 6.54 Å². The van der Waals surface area contributed by atoms with Gasteiger partial charge in [0.1, 0.15) is 0 Å². The summed E-state index contributed by atoms with van der Waals surface area (Å²) in [7, 11) is 0. The fourth-order valence-corrected chi connectivity index (χ4v) is 1.52. The first kappa shape index (κ1) is 9.93. The van der Waals surface area contributed by atoms with Gasteiger partial charge in [-0.1, -0.05) is 29.8 Å². The van der Waals surface area contributed by atoms with Gasteiger partial charge in [-0.15, -0.1) is 0 Å². The molecule has 0 bridgehead atoms. The Balaban J connectivity index is 2.25. The first-order valence-corrected chi connectivity index (χ1v) is 5.11. The molecule has 0 aliphatic heterocycles. The summed E-state index contributed by atoms with van der Waals surface area (Å²) in [5.74, 6) is 0. The number of nitrogens with one attached hydrogen (secondary N) is 1. The van der Waals surface area contributed by atoms with E-state index >= 15 is 0 Å². The van der Waals surface area contributed by atoms with Crippen LogP contribution in [0.15, 0.2) is 30.3 Å². The minimum atomic E-state index is 0.648. The Bertz CT molecular complexity index is 428. The van der Waals surface area contributed by atoms with E-state index in [9.17, 15) is 0 Å². The van der Waals surface area contributed by atoms with Crippen molar-refractivity contribution in [3.8, 4) is 11.3 Å². The van der Waals surface area contributed by atoms with Gasteiger partial charge in [0.2, 0.25) is 0 Å². The standard InChI is InChI=1S/C12H15N3/c1-9-2-4-10(5-3-9)12-8-11(6-7-13)14-15-12/h2-5,8H,6-7,13H2,1H3,(H,14,15). The Morgan fingerprint density at radius 2 is 2.00 bits per heavy atom. The van der Waals surface area contributed by atoms with Gasteiger partial charge in [0, 0.05) is 17.7 Å². The van der Waals surface area contributed by atoms with Crippen LogP contribution in [0.5, 0.6) is 0 Å². The minimum Gasteiger partial charge on any atom is -0.330 e. The van der Waals surface area contributed by atoms with Crippen molar-refractivity contribution >= 4 is 0 Å². The molecule has 15 heavy (non-hydrogen) atoms. The third-order valence-electron chi connectivity index (χ3n) is 2.39. The zero-order chi connectivity index (χ0) is 10.7.